The summed E-state index contributed by atoms with van der Waals surface area (Å²) in [5.41, 5.74) is 1.63. The summed E-state index contributed by atoms with van der Waals surface area (Å²) in [6, 6.07) is 5.03. The second-order valence-corrected chi connectivity index (χ2v) is 5.83. The molecule has 21 heavy (non-hydrogen) atoms. The Morgan fingerprint density at radius 3 is 2.90 bits per heavy atom. The number of halogens is 1. The zero-order valence-corrected chi connectivity index (χ0v) is 12.3. The van der Waals surface area contributed by atoms with Crippen molar-refractivity contribution in [2.24, 2.45) is 5.92 Å². The van der Waals surface area contributed by atoms with Crippen molar-refractivity contribution in [3.63, 3.8) is 0 Å². The van der Waals surface area contributed by atoms with Crippen LogP contribution in [0, 0.1) is 18.7 Å². The van der Waals surface area contributed by atoms with Crippen LogP contribution in [0.2, 0.25) is 0 Å². The number of carbonyl (C=O) groups excluding carboxylic acids is 1. The van der Waals surface area contributed by atoms with Crippen LogP contribution >= 0.6 is 0 Å². The van der Waals surface area contributed by atoms with Crippen LogP contribution in [0.1, 0.15) is 24.0 Å². The van der Waals surface area contributed by atoms with Crippen LogP contribution in [0.15, 0.2) is 18.2 Å². The first kappa shape index (κ1) is 14.5. The van der Waals surface area contributed by atoms with Gasteiger partial charge in [0.1, 0.15) is 11.7 Å². The quantitative estimate of drug-likeness (QED) is 0.862. The number of hydrogen-bond acceptors (Lipinski definition) is 4. The maximum Gasteiger partial charge on any atom is 0.313 e. The summed E-state index contributed by atoms with van der Waals surface area (Å²) < 4.78 is 24.0. The van der Waals surface area contributed by atoms with Crippen molar-refractivity contribution in [1.29, 1.82) is 0 Å². The van der Waals surface area contributed by atoms with E-state index in [1.54, 1.807) is 13.0 Å². The summed E-state index contributed by atoms with van der Waals surface area (Å²) in [4.78, 5) is 11.9. The van der Waals surface area contributed by atoms with Gasteiger partial charge in [-0.15, -0.1) is 0 Å². The van der Waals surface area contributed by atoms with E-state index in [2.05, 4.69) is 5.32 Å². The van der Waals surface area contributed by atoms with Crippen molar-refractivity contribution in [3.8, 4) is 0 Å². The standard InChI is InChI=1S/C16H20FNO3/c1-9-7-10(3-4-11(9)17)8-18-15-13-6-5-12(21-13)14(15)16(19)20-2/h3-4,7,12-15,18H,5-6,8H2,1-2H3/t12-,13+,14?,15?/m0/s1. The van der Waals surface area contributed by atoms with E-state index in [1.165, 1.54) is 13.2 Å². The third-order valence-corrected chi connectivity index (χ3v) is 4.51. The van der Waals surface area contributed by atoms with Crippen molar-refractivity contribution in [1.82, 2.24) is 5.32 Å². The first-order valence-electron chi connectivity index (χ1n) is 7.32. The van der Waals surface area contributed by atoms with Gasteiger partial charge < -0.3 is 14.8 Å². The highest BCUT2D eigenvalue weighted by atomic mass is 19.1. The predicted octanol–water partition coefficient (Wildman–Crippen LogP) is 1.94. The van der Waals surface area contributed by atoms with Gasteiger partial charge in [-0.25, -0.2) is 4.39 Å². The van der Waals surface area contributed by atoms with Gasteiger partial charge in [-0.1, -0.05) is 12.1 Å². The number of nitrogens with one attached hydrogen (secondary N) is 1. The minimum absolute atomic E-state index is 0.0263. The smallest absolute Gasteiger partial charge is 0.313 e. The maximum atomic E-state index is 13.3. The predicted molar refractivity (Wildman–Crippen MR) is 75.2 cm³/mol. The van der Waals surface area contributed by atoms with Crippen molar-refractivity contribution < 1.29 is 18.7 Å². The Kier molecular flexibility index (Phi) is 3.95. The van der Waals surface area contributed by atoms with E-state index >= 15 is 0 Å². The number of rotatable bonds is 4. The molecule has 0 saturated carbocycles. The van der Waals surface area contributed by atoms with Crippen LogP contribution in [0.3, 0.4) is 0 Å². The Labute approximate surface area is 123 Å². The number of fused-ring (bicyclic) bond motifs is 2. The molecule has 2 bridgehead atoms. The molecule has 2 aliphatic rings. The molecule has 3 rings (SSSR count). The summed E-state index contributed by atoms with van der Waals surface area (Å²) in [7, 11) is 1.41. The molecule has 0 aliphatic carbocycles. The molecule has 0 spiro atoms. The van der Waals surface area contributed by atoms with Gasteiger partial charge in [0.15, 0.2) is 0 Å². The second kappa shape index (κ2) is 5.73. The summed E-state index contributed by atoms with van der Waals surface area (Å²) in [5, 5.41) is 3.39. The lowest BCUT2D eigenvalue weighted by atomic mass is 9.84. The number of esters is 1. The van der Waals surface area contributed by atoms with E-state index < -0.39 is 0 Å². The molecule has 4 nitrogen and oxygen atoms in total. The zero-order valence-electron chi connectivity index (χ0n) is 12.3. The highest BCUT2D eigenvalue weighted by molar-refractivity contribution is 5.74. The van der Waals surface area contributed by atoms with Gasteiger partial charge in [-0.05, 0) is 37.0 Å². The molecule has 1 aromatic rings. The molecule has 2 heterocycles. The molecule has 1 N–H and O–H groups in total. The van der Waals surface area contributed by atoms with Crippen LogP contribution in [0.25, 0.3) is 0 Å². The van der Waals surface area contributed by atoms with Crippen molar-refractivity contribution in [2.75, 3.05) is 7.11 Å². The van der Waals surface area contributed by atoms with Crippen molar-refractivity contribution in [2.45, 2.75) is 44.6 Å². The lowest BCUT2D eigenvalue weighted by molar-refractivity contribution is -0.147. The molecule has 1 aromatic carbocycles. The second-order valence-electron chi connectivity index (χ2n) is 5.83. The molecule has 0 amide bonds. The molecular formula is C16H20FNO3. The Bertz CT molecular complexity index is 548. The van der Waals surface area contributed by atoms with Crippen LogP contribution in [0.4, 0.5) is 4.39 Å². The van der Waals surface area contributed by atoms with Crippen LogP contribution < -0.4 is 5.32 Å². The fourth-order valence-corrected chi connectivity index (χ4v) is 3.43. The molecular weight excluding hydrogens is 273 g/mol. The lowest BCUT2D eigenvalue weighted by Crippen LogP contribution is -2.47. The van der Waals surface area contributed by atoms with Crippen molar-refractivity contribution in [3.05, 3.63) is 35.1 Å². The molecule has 2 fully saturated rings. The molecule has 4 atom stereocenters. The van der Waals surface area contributed by atoms with Gasteiger partial charge in [0.25, 0.3) is 0 Å². The molecule has 2 unspecified atom stereocenters. The Hall–Kier alpha value is -1.46. The zero-order chi connectivity index (χ0) is 15.0. The van der Waals surface area contributed by atoms with Crippen LogP contribution in [-0.2, 0) is 20.8 Å². The third-order valence-electron chi connectivity index (χ3n) is 4.51. The van der Waals surface area contributed by atoms with Crippen molar-refractivity contribution >= 4 is 5.97 Å². The van der Waals surface area contributed by atoms with Gasteiger partial charge in [-0.2, -0.15) is 0 Å². The number of ether oxygens (including phenoxy) is 2. The maximum absolute atomic E-state index is 13.3. The minimum atomic E-state index is -0.240. The van der Waals surface area contributed by atoms with E-state index in [9.17, 15) is 9.18 Å². The van der Waals surface area contributed by atoms with E-state index in [1.807, 2.05) is 6.07 Å². The number of carbonyl (C=O) groups is 1. The highest BCUT2D eigenvalue weighted by Gasteiger charge is 2.52. The average Bonchev–Trinajstić information content (AvgIpc) is 3.08. The number of aryl methyl sites for hydroxylation is 1. The molecule has 0 radical (unpaired) electrons. The van der Waals surface area contributed by atoms with E-state index in [0.717, 1.165) is 18.4 Å². The van der Waals surface area contributed by atoms with Crippen LogP contribution in [0.5, 0.6) is 0 Å². The first-order valence-corrected chi connectivity index (χ1v) is 7.32. The van der Waals surface area contributed by atoms with Gasteiger partial charge >= 0.3 is 5.97 Å². The molecule has 114 valence electrons. The number of benzene rings is 1. The average molecular weight is 293 g/mol. The summed E-state index contributed by atoms with van der Waals surface area (Å²) in [5.74, 6) is -0.653. The van der Waals surface area contributed by atoms with E-state index in [-0.39, 0.29) is 36.0 Å². The summed E-state index contributed by atoms with van der Waals surface area (Å²) in [6.07, 6.45) is 1.92. The molecule has 2 saturated heterocycles. The summed E-state index contributed by atoms with van der Waals surface area (Å²) >= 11 is 0. The normalized spacial score (nSPS) is 30.6. The van der Waals surface area contributed by atoms with Gasteiger partial charge in [0, 0.05) is 12.6 Å². The van der Waals surface area contributed by atoms with Gasteiger partial charge in [-0.3, -0.25) is 4.79 Å². The number of methoxy groups -OCH3 is 1. The van der Waals surface area contributed by atoms with Gasteiger partial charge in [0.2, 0.25) is 0 Å². The summed E-state index contributed by atoms with van der Waals surface area (Å²) in [6.45, 7) is 2.34. The van der Waals surface area contributed by atoms with E-state index in [0.29, 0.717) is 12.1 Å². The molecule has 5 heteroatoms. The Morgan fingerprint density at radius 1 is 1.43 bits per heavy atom. The third kappa shape index (κ3) is 2.68. The number of hydrogen-bond donors (Lipinski definition) is 1. The van der Waals surface area contributed by atoms with Gasteiger partial charge in [0.05, 0.1) is 19.3 Å². The highest BCUT2D eigenvalue weighted by Crippen LogP contribution is 2.39. The minimum Gasteiger partial charge on any atom is -0.469 e. The Morgan fingerprint density at radius 2 is 2.19 bits per heavy atom. The molecule has 0 aromatic heterocycles. The largest absolute Gasteiger partial charge is 0.469 e. The first-order chi connectivity index (χ1) is 10.1. The topological polar surface area (TPSA) is 47.6 Å². The van der Waals surface area contributed by atoms with Crippen LogP contribution in [-0.4, -0.2) is 31.3 Å². The van der Waals surface area contributed by atoms with E-state index in [4.69, 9.17) is 9.47 Å². The Balaban J connectivity index is 1.68. The molecule has 2 aliphatic heterocycles. The fraction of sp³-hybridized carbons (Fsp3) is 0.562. The SMILES string of the molecule is COC(=O)C1C(NCc2ccc(F)c(C)c2)[C@H]2CC[C@@H]1O2. The fourth-order valence-electron chi connectivity index (χ4n) is 3.43. The lowest BCUT2D eigenvalue weighted by Gasteiger charge is -2.27. The monoisotopic (exact) mass is 293 g/mol.